The average Bonchev–Trinajstić information content (AvgIpc) is 3.52. The number of aromatic nitrogens is 4. The van der Waals surface area contributed by atoms with Gasteiger partial charge in [-0.05, 0) is 68.2 Å². The Balaban J connectivity index is 1.24. The zero-order valence-electron chi connectivity index (χ0n) is 21.2. The predicted molar refractivity (Wildman–Crippen MR) is 151 cm³/mol. The number of fused-ring (bicyclic) bond motifs is 1. The van der Waals surface area contributed by atoms with E-state index in [2.05, 4.69) is 30.8 Å². The third-order valence-corrected chi connectivity index (χ3v) is 7.84. The standard InChI is InChI=1S/C28H26FN7O2S/c1-2-36-19(16-35-10-5-11-35)14-26(34-36)30-23-15-21(32-33-27(23)37)17-8-9-20(29)22(12-17)31-28(38)25-13-18-6-3-4-7-24(18)39-25/h3-4,6-9,12-15H,2,5,10-11,16H2,1H3,(H,31,38)(H,33,37)(H,30,32,34). The van der Waals surface area contributed by atoms with Crippen LogP contribution in [0.25, 0.3) is 21.3 Å². The highest BCUT2D eigenvalue weighted by Crippen LogP contribution is 2.28. The lowest BCUT2D eigenvalue weighted by Gasteiger charge is -2.30. The van der Waals surface area contributed by atoms with Crippen LogP contribution in [0.15, 0.2) is 65.5 Å². The van der Waals surface area contributed by atoms with Crippen LogP contribution < -0.4 is 16.2 Å². The SMILES string of the molecule is CCn1nc(Nc2cc(-c3ccc(F)c(NC(=O)c4cc5ccccc5s4)c3)n[nH]c2=O)cc1CN1CCC1. The second-order valence-electron chi connectivity index (χ2n) is 9.38. The largest absolute Gasteiger partial charge is 0.334 e. The Morgan fingerprint density at radius 1 is 1.10 bits per heavy atom. The zero-order valence-corrected chi connectivity index (χ0v) is 22.0. The van der Waals surface area contributed by atoms with Crippen LogP contribution in [0.5, 0.6) is 0 Å². The van der Waals surface area contributed by atoms with Crippen molar-refractivity contribution in [3.63, 3.8) is 0 Å². The molecule has 0 atom stereocenters. The van der Waals surface area contributed by atoms with Crippen molar-refractivity contribution >= 4 is 44.5 Å². The topological polar surface area (TPSA) is 108 Å². The first-order valence-corrected chi connectivity index (χ1v) is 13.5. The number of nitrogens with zero attached hydrogens (tertiary/aromatic N) is 4. The molecule has 1 amide bonds. The van der Waals surface area contributed by atoms with Gasteiger partial charge in [0, 0.05) is 29.4 Å². The number of thiophene rings is 1. The number of likely N-dealkylation sites (tertiary alicyclic amines) is 1. The molecule has 0 bridgehead atoms. The van der Waals surface area contributed by atoms with Crippen LogP contribution in [0.2, 0.25) is 0 Å². The van der Waals surface area contributed by atoms with Gasteiger partial charge in [0.1, 0.15) is 11.5 Å². The van der Waals surface area contributed by atoms with Crippen molar-refractivity contribution < 1.29 is 9.18 Å². The summed E-state index contributed by atoms with van der Waals surface area (Å²) < 4.78 is 17.6. The molecule has 11 heteroatoms. The summed E-state index contributed by atoms with van der Waals surface area (Å²) in [4.78, 5) is 28.3. The highest BCUT2D eigenvalue weighted by molar-refractivity contribution is 7.20. The molecule has 0 unspecified atom stereocenters. The Morgan fingerprint density at radius 3 is 2.72 bits per heavy atom. The van der Waals surface area contributed by atoms with Gasteiger partial charge in [-0.15, -0.1) is 11.3 Å². The van der Waals surface area contributed by atoms with Gasteiger partial charge in [-0.1, -0.05) is 18.2 Å². The molecule has 1 aliphatic heterocycles. The third-order valence-electron chi connectivity index (χ3n) is 6.72. The zero-order chi connectivity index (χ0) is 26.9. The number of H-pyrrole nitrogens is 1. The van der Waals surface area contributed by atoms with Crippen molar-refractivity contribution in [2.75, 3.05) is 23.7 Å². The smallest absolute Gasteiger partial charge is 0.287 e. The molecule has 3 N–H and O–H groups in total. The maximum Gasteiger partial charge on any atom is 0.287 e. The van der Waals surface area contributed by atoms with E-state index in [0.29, 0.717) is 28.5 Å². The lowest BCUT2D eigenvalue weighted by atomic mass is 10.1. The summed E-state index contributed by atoms with van der Waals surface area (Å²) >= 11 is 1.34. The number of anilines is 3. The summed E-state index contributed by atoms with van der Waals surface area (Å²) in [6.45, 7) is 5.71. The minimum absolute atomic E-state index is 0.0230. The number of nitrogens with one attached hydrogen (secondary N) is 3. The molecule has 5 aromatic rings. The number of hydrogen-bond donors (Lipinski definition) is 3. The van der Waals surface area contributed by atoms with Crippen LogP contribution in [0.1, 0.15) is 28.7 Å². The van der Waals surface area contributed by atoms with E-state index in [9.17, 15) is 14.0 Å². The van der Waals surface area contributed by atoms with Gasteiger partial charge in [-0.2, -0.15) is 10.2 Å². The predicted octanol–water partition coefficient (Wildman–Crippen LogP) is 5.21. The van der Waals surface area contributed by atoms with E-state index in [0.717, 1.165) is 35.4 Å². The molecule has 0 radical (unpaired) electrons. The number of aryl methyl sites for hydroxylation is 1. The summed E-state index contributed by atoms with van der Waals surface area (Å²) in [5, 5.41) is 18.0. The van der Waals surface area contributed by atoms with E-state index in [-0.39, 0.29) is 11.4 Å². The van der Waals surface area contributed by atoms with Crippen molar-refractivity contribution in [2.24, 2.45) is 0 Å². The number of amides is 1. The van der Waals surface area contributed by atoms with Crippen molar-refractivity contribution in [3.05, 3.63) is 87.4 Å². The van der Waals surface area contributed by atoms with Gasteiger partial charge in [0.25, 0.3) is 11.5 Å². The molecule has 4 heterocycles. The first-order chi connectivity index (χ1) is 19.0. The van der Waals surface area contributed by atoms with E-state index >= 15 is 0 Å². The summed E-state index contributed by atoms with van der Waals surface area (Å²) in [6, 6.07) is 17.3. The van der Waals surface area contributed by atoms with E-state index in [4.69, 9.17) is 0 Å². The van der Waals surface area contributed by atoms with E-state index in [1.165, 1.54) is 29.9 Å². The van der Waals surface area contributed by atoms with Crippen LogP contribution in [0.3, 0.4) is 0 Å². The second kappa shape index (κ2) is 10.4. The molecule has 1 aliphatic rings. The van der Waals surface area contributed by atoms with Gasteiger partial charge >= 0.3 is 0 Å². The quantitative estimate of drug-likeness (QED) is 0.248. The van der Waals surface area contributed by atoms with Gasteiger partial charge in [0.2, 0.25) is 0 Å². The fourth-order valence-corrected chi connectivity index (χ4v) is 5.49. The van der Waals surface area contributed by atoms with E-state index in [1.54, 1.807) is 18.2 Å². The molecule has 2 aromatic carbocycles. The maximum absolute atomic E-state index is 14.7. The fourth-order valence-electron chi connectivity index (χ4n) is 4.53. The average molecular weight is 544 g/mol. The first-order valence-electron chi connectivity index (χ1n) is 12.7. The summed E-state index contributed by atoms with van der Waals surface area (Å²) in [5.41, 5.74) is 1.88. The number of benzene rings is 2. The fraction of sp³-hybridized carbons (Fsp3) is 0.214. The number of aromatic amines is 1. The normalized spacial score (nSPS) is 13.4. The van der Waals surface area contributed by atoms with Crippen molar-refractivity contribution in [1.29, 1.82) is 0 Å². The van der Waals surface area contributed by atoms with Crippen LogP contribution in [-0.2, 0) is 13.1 Å². The number of halogens is 1. The highest BCUT2D eigenvalue weighted by atomic mass is 32.1. The molecule has 1 saturated heterocycles. The van der Waals surface area contributed by atoms with Crippen LogP contribution in [0, 0.1) is 5.82 Å². The van der Waals surface area contributed by atoms with Crippen molar-refractivity contribution in [3.8, 4) is 11.3 Å². The molecule has 9 nitrogen and oxygen atoms in total. The third kappa shape index (κ3) is 5.18. The Labute approximate surface area is 227 Å². The molecule has 0 spiro atoms. The lowest BCUT2D eigenvalue weighted by Crippen LogP contribution is -2.36. The minimum atomic E-state index is -0.573. The number of rotatable bonds is 8. The highest BCUT2D eigenvalue weighted by Gasteiger charge is 2.18. The van der Waals surface area contributed by atoms with Gasteiger partial charge in [-0.25, -0.2) is 9.49 Å². The van der Waals surface area contributed by atoms with E-state index < -0.39 is 17.3 Å². The molecule has 39 heavy (non-hydrogen) atoms. The van der Waals surface area contributed by atoms with Crippen LogP contribution in [-0.4, -0.2) is 43.9 Å². The molecular formula is C28H26FN7O2S. The molecule has 0 aliphatic carbocycles. The number of carbonyl (C=O) groups is 1. The summed E-state index contributed by atoms with van der Waals surface area (Å²) in [7, 11) is 0. The molecule has 1 fully saturated rings. The van der Waals surface area contributed by atoms with Crippen LogP contribution >= 0.6 is 11.3 Å². The molecule has 0 saturated carbocycles. The minimum Gasteiger partial charge on any atom is -0.334 e. The molecule has 3 aromatic heterocycles. The van der Waals surface area contributed by atoms with E-state index in [1.807, 2.05) is 41.9 Å². The number of hydrogen-bond acceptors (Lipinski definition) is 7. The van der Waals surface area contributed by atoms with Gasteiger partial charge < -0.3 is 10.6 Å². The molecular weight excluding hydrogens is 517 g/mol. The Bertz CT molecular complexity index is 1700. The Morgan fingerprint density at radius 2 is 1.95 bits per heavy atom. The van der Waals surface area contributed by atoms with Gasteiger partial charge in [-0.3, -0.25) is 19.2 Å². The second-order valence-corrected chi connectivity index (χ2v) is 10.5. The maximum atomic E-state index is 14.7. The Kier molecular flexibility index (Phi) is 6.67. The molecule has 6 rings (SSSR count). The Hall–Kier alpha value is -4.35. The van der Waals surface area contributed by atoms with Gasteiger partial charge in [0.05, 0.1) is 22.0 Å². The number of carbonyl (C=O) groups excluding carboxylic acids is 1. The lowest BCUT2D eigenvalue weighted by molar-refractivity contribution is 0.103. The van der Waals surface area contributed by atoms with Crippen molar-refractivity contribution in [1.82, 2.24) is 24.9 Å². The van der Waals surface area contributed by atoms with Gasteiger partial charge in [0.15, 0.2) is 5.82 Å². The van der Waals surface area contributed by atoms with Crippen LogP contribution in [0.4, 0.5) is 21.6 Å². The monoisotopic (exact) mass is 543 g/mol. The summed E-state index contributed by atoms with van der Waals surface area (Å²) in [6.07, 6.45) is 1.21. The first kappa shape index (κ1) is 25.0. The van der Waals surface area contributed by atoms with Crippen molar-refractivity contribution in [2.45, 2.75) is 26.4 Å². The summed E-state index contributed by atoms with van der Waals surface area (Å²) in [5.74, 6) is -0.411. The molecule has 198 valence electrons.